The zero-order chi connectivity index (χ0) is 16.4. The second-order valence-electron chi connectivity index (χ2n) is 5.46. The van der Waals surface area contributed by atoms with Crippen LogP contribution in [0.3, 0.4) is 0 Å². The van der Waals surface area contributed by atoms with Gasteiger partial charge in [0.05, 0.1) is 5.69 Å². The van der Waals surface area contributed by atoms with Crippen molar-refractivity contribution in [1.82, 2.24) is 9.97 Å². The lowest BCUT2D eigenvalue weighted by molar-refractivity contribution is 0.102. The quantitative estimate of drug-likeness (QED) is 0.778. The van der Waals surface area contributed by atoms with Crippen LogP contribution in [0.2, 0.25) is 0 Å². The number of carbonyl (C=O) groups excluding carboxylic acids is 1. The van der Waals surface area contributed by atoms with Crippen molar-refractivity contribution in [2.45, 2.75) is 20.8 Å². The van der Waals surface area contributed by atoms with Crippen molar-refractivity contribution in [3.8, 4) is 11.3 Å². The Morgan fingerprint density at radius 1 is 1.09 bits per heavy atom. The lowest BCUT2D eigenvalue weighted by Gasteiger charge is -2.07. The number of rotatable bonds is 3. The van der Waals surface area contributed by atoms with Gasteiger partial charge < -0.3 is 0 Å². The first-order chi connectivity index (χ1) is 11.0. The minimum absolute atomic E-state index is 0.247. The van der Waals surface area contributed by atoms with Gasteiger partial charge in [-0.25, -0.2) is 4.98 Å². The molecule has 0 fully saturated rings. The van der Waals surface area contributed by atoms with Crippen molar-refractivity contribution in [2.75, 3.05) is 5.32 Å². The number of aromatic nitrogens is 2. The third-order valence-electron chi connectivity index (χ3n) is 3.74. The maximum absolute atomic E-state index is 12.1. The highest BCUT2D eigenvalue weighted by atomic mass is 32.1. The van der Waals surface area contributed by atoms with Crippen molar-refractivity contribution in [1.29, 1.82) is 0 Å². The zero-order valence-corrected chi connectivity index (χ0v) is 14.1. The molecule has 1 aromatic carbocycles. The first kappa shape index (κ1) is 15.4. The van der Waals surface area contributed by atoms with Crippen LogP contribution in [0.1, 0.15) is 27.2 Å². The van der Waals surface area contributed by atoms with Crippen molar-refractivity contribution >= 4 is 22.4 Å². The monoisotopic (exact) mass is 323 g/mol. The van der Waals surface area contributed by atoms with E-state index in [1.54, 1.807) is 24.4 Å². The Kier molecular flexibility index (Phi) is 4.21. The SMILES string of the molecule is Cc1cc(C)c(-c2csc(NC(=O)c3ccccn3)n2)cc1C. The summed E-state index contributed by atoms with van der Waals surface area (Å²) in [5, 5.41) is 5.34. The van der Waals surface area contributed by atoms with Crippen LogP contribution in [0.5, 0.6) is 0 Å². The number of carbonyl (C=O) groups is 1. The molecule has 0 saturated carbocycles. The topological polar surface area (TPSA) is 54.9 Å². The Morgan fingerprint density at radius 2 is 1.87 bits per heavy atom. The molecule has 0 spiro atoms. The van der Waals surface area contributed by atoms with Gasteiger partial charge in [0.25, 0.3) is 5.91 Å². The predicted octanol–water partition coefficient (Wildman–Crippen LogP) is 4.38. The molecule has 116 valence electrons. The number of anilines is 1. The molecule has 0 radical (unpaired) electrons. The average molecular weight is 323 g/mol. The summed E-state index contributed by atoms with van der Waals surface area (Å²) < 4.78 is 0. The summed E-state index contributed by atoms with van der Waals surface area (Å²) in [5.41, 5.74) is 6.05. The highest BCUT2D eigenvalue weighted by Crippen LogP contribution is 2.29. The van der Waals surface area contributed by atoms with Gasteiger partial charge in [0.1, 0.15) is 5.69 Å². The molecule has 0 aliphatic heterocycles. The van der Waals surface area contributed by atoms with E-state index in [9.17, 15) is 4.79 Å². The minimum atomic E-state index is -0.247. The standard InChI is InChI=1S/C18H17N3OS/c1-11-8-13(3)14(9-12(11)2)16-10-23-18(20-16)21-17(22)15-6-4-5-7-19-15/h4-10H,1-3H3,(H,20,21,22). The van der Waals surface area contributed by atoms with E-state index >= 15 is 0 Å². The van der Waals surface area contributed by atoms with Gasteiger partial charge >= 0.3 is 0 Å². The third kappa shape index (κ3) is 3.29. The van der Waals surface area contributed by atoms with Gasteiger partial charge in [0, 0.05) is 17.1 Å². The highest BCUT2D eigenvalue weighted by molar-refractivity contribution is 7.14. The van der Waals surface area contributed by atoms with Crippen LogP contribution in [0.4, 0.5) is 5.13 Å². The van der Waals surface area contributed by atoms with Crippen molar-refractivity contribution in [2.24, 2.45) is 0 Å². The van der Waals surface area contributed by atoms with Crippen LogP contribution >= 0.6 is 11.3 Å². The zero-order valence-electron chi connectivity index (χ0n) is 13.3. The number of amides is 1. The summed E-state index contributed by atoms with van der Waals surface area (Å²) in [6.45, 7) is 6.27. The van der Waals surface area contributed by atoms with E-state index in [0.29, 0.717) is 10.8 Å². The Labute approximate surface area is 139 Å². The van der Waals surface area contributed by atoms with E-state index in [4.69, 9.17) is 0 Å². The van der Waals surface area contributed by atoms with Gasteiger partial charge in [0.2, 0.25) is 0 Å². The molecule has 2 heterocycles. The molecule has 0 saturated heterocycles. The molecule has 4 nitrogen and oxygen atoms in total. The van der Waals surface area contributed by atoms with Gasteiger partial charge in [-0.05, 0) is 55.7 Å². The van der Waals surface area contributed by atoms with Crippen LogP contribution in [-0.2, 0) is 0 Å². The summed E-state index contributed by atoms with van der Waals surface area (Å²) >= 11 is 1.42. The summed E-state index contributed by atoms with van der Waals surface area (Å²) in [6.07, 6.45) is 1.60. The molecule has 3 rings (SSSR count). The molecule has 0 aliphatic rings. The number of nitrogens with zero attached hydrogens (tertiary/aromatic N) is 2. The smallest absolute Gasteiger partial charge is 0.276 e. The van der Waals surface area contributed by atoms with Crippen LogP contribution in [0.25, 0.3) is 11.3 Å². The number of aryl methyl sites for hydroxylation is 3. The molecule has 0 bridgehead atoms. The maximum Gasteiger partial charge on any atom is 0.276 e. The van der Waals surface area contributed by atoms with Gasteiger partial charge in [-0.3, -0.25) is 15.1 Å². The second-order valence-corrected chi connectivity index (χ2v) is 6.32. The number of hydrogen-bond acceptors (Lipinski definition) is 4. The molecule has 0 atom stereocenters. The molecule has 2 aromatic heterocycles. The highest BCUT2D eigenvalue weighted by Gasteiger charge is 2.12. The molecule has 0 unspecified atom stereocenters. The van der Waals surface area contributed by atoms with E-state index in [-0.39, 0.29) is 5.91 Å². The second kappa shape index (κ2) is 6.30. The summed E-state index contributed by atoms with van der Waals surface area (Å²) in [6, 6.07) is 9.55. The fourth-order valence-corrected chi connectivity index (χ4v) is 3.06. The van der Waals surface area contributed by atoms with Crippen molar-refractivity contribution in [3.05, 3.63) is 64.3 Å². The Morgan fingerprint density at radius 3 is 2.61 bits per heavy atom. The van der Waals surface area contributed by atoms with E-state index < -0.39 is 0 Å². The maximum atomic E-state index is 12.1. The first-order valence-corrected chi connectivity index (χ1v) is 8.18. The normalized spacial score (nSPS) is 10.6. The van der Waals surface area contributed by atoms with Gasteiger partial charge in [0.15, 0.2) is 5.13 Å². The Balaban J connectivity index is 1.84. The Bertz CT molecular complexity index is 856. The van der Waals surface area contributed by atoms with E-state index in [1.165, 1.54) is 28.0 Å². The fraction of sp³-hybridized carbons (Fsp3) is 0.167. The van der Waals surface area contributed by atoms with Gasteiger partial charge in [-0.2, -0.15) is 0 Å². The third-order valence-corrected chi connectivity index (χ3v) is 4.50. The van der Waals surface area contributed by atoms with Gasteiger partial charge in [-0.15, -0.1) is 11.3 Å². The summed E-state index contributed by atoms with van der Waals surface area (Å²) in [4.78, 5) is 20.7. The van der Waals surface area contributed by atoms with Crippen molar-refractivity contribution in [3.63, 3.8) is 0 Å². The molecule has 3 aromatic rings. The average Bonchev–Trinajstić information content (AvgIpc) is 3.00. The lowest BCUT2D eigenvalue weighted by Crippen LogP contribution is -2.13. The summed E-state index contributed by atoms with van der Waals surface area (Å²) in [7, 11) is 0. The van der Waals surface area contributed by atoms with Crippen LogP contribution < -0.4 is 5.32 Å². The molecule has 1 amide bonds. The molecule has 23 heavy (non-hydrogen) atoms. The number of nitrogens with one attached hydrogen (secondary N) is 1. The largest absolute Gasteiger partial charge is 0.296 e. The van der Waals surface area contributed by atoms with Crippen LogP contribution in [-0.4, -0.2) is 15.9 Å². The lowest BCUT2D eigenvalue weighted by atomic mass is 9.99. The van der Waals surface area contributed by atoms with E-state index in [1.807, 2.05) is 5.38 Å². The predicted molar refractivity (Wildman–Crippen MR) is 94.0 cm³/mol. The van der Waals surface area contributed by atoms with Crippen LogP contribution in [0, 0.1) is 20.8 Å². The molecular weight excluding hydrogens is 306 g/mol. The van der Waals surface area contributed by atoms with Crippen molar-refractivity contribution < 1.29 is 4.79 Å². The first-order valence-electron chi connectivity index (χ1n) is 7.31. The number of pyridine rings is 1. The Hall–Kier alpha value is -2.53. The molecular formula is C18H17N3OS. The molecule has 1 N–H and O–H groups in total. The summed E-state index contributed by atoms with van der Waals surface area (Å²) in [5.74, 6) is -0.247. The minimum Gasteiger partial charge on any atom is -0.296 e. The fourth-order valence-electron chi connectivity index (χ4n) is 2.35. The molecule has 5 heteroatoms. The van der Waals surface area contributed by atoms with E-state index in [0.717, 1.165) is 11.3 Å². The van der Waals surface area contributed by atoms with Crippen LogP contribution in [0.15, 0.2) is 41.9 Å². The number of benzene rings is 1. The van der Waals surface area contributed by atoms with Gasteiger partial charge in [-0.1, -0.05) is 12.1 Å². The number of thiazole rings is 1. The number of hydrogen-bond donors (Lipinski definition) is 1. The van der Waals surface area contributed by atoms with E-state index in [2.05, 4.69) is 48.2 Å². The molecule has 0 aliphatic carbocycles.